The summed E-state index contributed by atoms with van der Waals surface area (Å²) in [6.07, 6.45) is -5.13. The van der Waals surface area contributed by atoms with Gasteiger partial charge in [-0.2, -0.15) is 17.5 Å². The first-order valence-electron chi connectivity index (χ1n) is 8.43. The summed E-state index contributed by atoms with van der Waals surface area (Å²) in [5.74, 6) is 0.376. The van der Waals surface area contributed by atoms with E-state index in [4.69, 9.17) is 14.0 Å². The molecule has 0 amide bonds. The third-order valence-corrected chi connectivity index (χ3v) is 6.36. The van der Waals surface area contributed by atoms with Crippen LogP contribution in [-0.4, -0.2) is 50.3 Å². The maximum Gasteiger partial charge on any atom is 0.416 e. The summed E-state index contributed by atoms with van der Waals surface area (Å²) in [7, 11) is -3.89. The van der Waals surface area contributed by atoms with Crippen molar-refractivity contribution in [2.45, 2.75) is 31.0 Å². The molecule has 2 aromatic rings. The Morgan fingerprint density at radius 3 is 2.46 bits per heavy atom. The van der Waals surface area contributed by atoms with Crippen LogP contribution < -0.4 is 4.74 Å². The van der Waals surface area contributed by atoms with Gasteiger partial charge < -0.3 is 14.0 Å². The SMILES string of the molecule is Cc1noc(C)c1S(=O)(=O)N1CCOC[C@H](Oc2ccc(C(F)(F)F)cc2)C1. The molecule has 0 saturated carbocycles. The molecule has 1 aromatic heterocycles. The third kappa shape index (κ3) is 4.31. The Morgan fingerprint density at radius 2 is 1.89 bits per heavy atom. The van der Waals surface area contributed by atoms with Crippen molar-refractivity contribution in [1.82, 2.24) is 9.46 Å². The molecule has 154 valence electrons. The number of benzene rings is 1. The highest BCUT2D eigenvalue weighted by molar-refractivity contribution is 7.89. The predicted molar refractivity (Wildman–Crippen MR) is 91.4 cm³/mol. The molecular weight excluding hydrogens is 401 g/mol. The molecule has 0 spiro atoms. The fraction of sp³-hybridized carbons (Fsp3) is 0.471. The summed E-state index contributed by atoms with van der Waals surface area (Å²) < 4.78 is 81.2. The van der Waals surface area contributed by atoms with Crippen molar-refractivity contribution >= 4 is 10.0 Å². The minimum absolute atomic E-state index is 0.00248. The molecule has 11 heteroatoms. The molecule has 1 aliphatic heterocycles. The third-order valence-electron chi connectivity index (χ3n) is 4.25. The second-order valence-corrected chi connectivity index (χ2v) is 8.23. The van der Waals surface area contributed by atoms with Gasteiger partial charge in [0.15, 0.2) is 5.76 Å². The van der Waals surface area contributed by atoms with Crippen LogP contribution in [0.2, 0.25) is 0 Å². The van der Waals surface area contributed by atoms with Crippen molar-refractivity contribution in [3.8, 4) is 5.75 Å². The van der Waals surface area contributed by atoms with Crippen molar-refractivity contribution in [3.63, 3.8) is 0 Å². The Balaban J connectivity index is 1.77. The molecule has 0 N–H and O–H groups in total. The van der Waals surface area contributed by atoms with Gasteiger partial charge in [0, 0.05) is 6.54 Å². The van der Waals surface area contributed by atoms with Crippen LogP contribution in [0.3, 0.4) is 0 Å². The largest absolute Gasteiger partial charge is 0.487 e. The van der Waals surface area contributed by atoms with Gasteiger partial charge in [-0.05, 0) is 38.1 Å². The number of alkyl halides is 3. The van der Waals surface area contributed by atoms with E-state index in [-0.39, 0.29) is 48.4 Å². The van der Waals surface area contributed by atoms with Gasteiger partial charge in [-0.15, -0.1) is 0 Å². The highest BCUT2D eigenvalue weighted by Crippen LogP contribution is 2.31. The van der Waals surface area contributed by atoms with Crippen LogP contribution in [0.25, 0.3) is 0 Å². The van der Waals surface area contributed by atoms with E-state index in [1.165, 1.54) is 30.3 Å². The van der Waals surface area contributed by atoms with Gasteiger partial charge in [0.05, 0.1) is 25.3 Å². The molecule has 28 heavy (non-hydrogen) atoms. The van der Waals surface area contributed by atoms with Crippen LogP contribution in [0.5, 0.6) is 5.75 Å². The zero-order valence-electron chi connectivity index (χ0n) is 15.2. The molecule has 0 bridgehead atoms. The number of ether oxygens (including phenoxy) is 2. The minimum Gasteiger partial charge on any atom is -0.487 e. The lowest BCUT2D eigenvalue weighted by Crippen LogP contribution is -2.40. The molecule has 0 aliphatic carbocycles. The number of aromatic nitrogens is 1. The van der Waals surface area contributed by atoms with Gasteiger partial charge in [0.1, 0.15) is 22.4 Å². The van der Waals surface area contributed by atoms with Crippen LogP contribution in [0.1, 0.15) is 17.0 Å². The minimum atomic E-state index is -4.44. The number of hydrogen-bond donors (Lipinski definition) is 0. The first-order valence-corrected chi connectivity index (χ1v) is 9.87. The number of aryl methyl sites for hydroxylation is 2. The number of hydrogen-bond acceptors (Lipinski definition) is 6. The van der Waals surface area contributed by atoms with Gasteiger partial charge >= 0.3 is 6.18 Å². The van der Waals surface area contributed by atoms with Gasteiger partial charge in [-0.25, -0.2) is 8.42 Å². The number of halogens is 3. The predicted octanol–water partition coefficient (Wildman–Crippen LogP) is 2.78. The van der Waals surface area contributed by atoms with E-state index in [2.05, 4.69) is 5.16 Å². The molecule has 1 aliphatic rings. The summed E-state index contributed by atoms with van der Waals surface area (Å²) in [5.41, 5.74) is -0.539. The van der Waals surface area contributed by atoms with Gasteiger partial charge in [-0.3, -0.25) is 0 Å². The average Bonchev–Trinajstić information content (AvgIpc) is 2.81. The van der Waals surface area contributed by atoms with E-state index in [1.807, 2.05) is 0 Å². The van der Waals surface area contributed by atoms with Crippen LogP contribution >= 0.6 is 0 Å². The van der Waals surface area contributed by atoms with Crippen LogP contribution in [-0.2, 0) is 20.9 Å². The summed E-state index contributed by atoms with van der Waals surface area (Å²) in [5, 5.41) is 3.68. The van der Waals surface area contributed by atoms with E-state index in [9.17, 15) is 21.6 Å². The van der Waals surface area contributed by atoms with E-state index in [0.717, 1.165) is 12.1 Å². The maximum absolute atomic E-state index is 13.0. The molecular formula is C17H19F3N2O5S. The molecule has 0 radical (unpaired) electrons. The van der Waals surface area contributed by atoms with Gasteiger partial charge in [0.2, 0.25) is 10.0 Å². The average molecular weight is 420 g/mol. The second-order valence-electron chi connectivity index (χ2n) is 6.35. The number of nitrogens with zero attached hydrogens (tertiary/aromatic N) is 2. The van der Waals surface area contributed by atoms with E-state index in [0.29, 0.717) is 0 Å². The monoisotopic (exact) mass is 420 g/mol. The number of rotatable bonds is 4. The van der Waals surface area contributed by atoms with E-state index >= 15 is 0 Å². The highest BCUT2D eigenvalue weighted by Gasteiger charge is 2.35. The standard InChI is InChI=1S/C17H19F3N2O5S/c1-11-16(12(2)27-21-11)28(23,24)22-7-8-25-10-15(9-22)26-14-5-3-13(4-6-14)17(18,19)20/h3-6,15H,7-10H2,1-2H3/t15-/m1/s1. The van der Waals surface area contributed by atoms with Crippen LogP contribution in [0.15, 0.2) is 33.7 Å². The quantitative estimate of drug-likeness (QED) is 0.757. The summed E-state index contributed by atoms with van der Waals surface area (Å²) >= 11 is 0. The normalized spacial score (nSPS) is 19.4. The first kappa shape index (κ1) is 20.6. The molecule has 3 rings (SSSR count). The fourth-order valence-electron chi connectivity index (χ4n) is 2.93. The van der Waals surface area contributed by atoms with Crippen molar-refractivity contribution in [1.29, 1.82) is 0 Å². The molecule has 7 nitrogen and oxygen atoms in total. The van der Waals surface area contributed by atoms with Crippen LogP contribution in [0.4, 0.5) is 13.2 Å². The Kier molecular flexibility index (Phi) is 5.69. The molecule has 2 heterocycles. The maximum atomic E-state index is 13.0. The topological polar surface area (TPSA) is 81.9 Å². The molecule has 1 fully saturated rings. The van der Waals surface area contributed by atoms with E-state index in [1.54, 1.807) is 0 Å². The van der Waals surface area contributed by atoms with Crippen molar-refractivity contribution in [2.75, 3.05) is 26.3 Å². The van der Waals surface area contributed by atoms with Crippen molar-refractivity contribution in [3.05, 3.63) is 41.3 Å². The Labute approximate surface area is 160 Å². The Bertz CT molecular complexity index is 906. The van der Waals surface area contributed by atoms with Crippen LogP contribution in [0, 0.1) is 13.8 Å². The molecule has 1 aromatic carbocycles. The van der Waals surface area contributed by atoms with Crippen molar-refractivity contribution < 1.29 is 35.6 Å². The summed E-state index contributed by atoms with van der Waals surface area (Å²) in [4.78, 5) is 0.00248. The lowest BCUT2D eigenvalue weighted by Gasteiger charge is -2.23. The summed E-state index contributed by atoms with van der Waals surface area (Å²) in [6, 6.07) is 4.21. The highest BCUT2D eigenvalue weighted by atomic mass is 32.2. The first-order chi connectivity index (χ1) is 13.1. The molecule has 1 saturated heterocycles. The zero-order valence-corrected chi connectivity index (χ0v) is 16.0. The number of sulfonamides is 1. The van der Waals surface area contributed by atoms with E-state index < -0.39 is 27.9 Å². The zero-order chi connectivity index (χ0) is 20.5. The van der Waals surface area contributed by atoms with Gasteiger partial charge in [-0.1, -0.05) is 5.16 Å². The molecule has 0 unspecified atom stereocenters. The Morgan fingerprint density at radius 1 is 1.21 bits per heavy atom. The second kappa shape index (κ2) is 7.72. The lowest BCUT2D eigenvalue weighted by atomic mass is 10.2. The van der Waals surface area contributed by atoms with Gasteiger partial charge in [0.25, 0.3) is 0 Å². The lowest BCUT2D eigenvalue weighted by molar-refractivity contribution is -0.137. The smallest absolute Gasteiger partial charge is 0.416 e. The molecule has 1 atom stereocenters. The Hall–Kier alpha value is -2.11. The fourth-order valence-corrected chi connectivity index (χ4v) is 4.68. The summed E-state index contributed by atoms with van der Waals surface area (Å²) in [6.45, 7) is 3.40. The van der Waals surface area contributed by atoms with Crippen molar-refractivity contribution in [2.24, 2.45) is 0 Å².